The minimum absolute atomic E-state index is 0. The summed E-state index contributed by atoms with van der Waals surface area (Å²) in [6.45, 7) is 0. The van der Waals surface area contributed by atoms with Crippen LogP contribution in [0.5, 0.6) is 0 Å². The van der Waals surface area contributed by atoms with Gasteiger partial charge in [0.2, 0.25) is 0 Å². The van der Waals surface area contributed by atoms with Crippen molar-refractivity contribution in [3.63, 3.8) is 0 Å². The summed E-state index contributed by atoms with van der Waals surface area (Å²) >= 11 is 0. The number of nitrogens with zero attached hydrogens (tertiary/aromatic N) is 3. The molecule has 1 heterocycles. The second-order valence-corrected chi connectivity index (χ2v) is 4.09. The van der Waals surface area contributed by atoms with Crippen molar-refractivity contribution in [3.05, 3.63) is 72.6 Å². The van der Waals surface area contributed by atoms with Crippen molar-refractivity contribution >= 4 is 0 Å². The van der Waals surface area contributed by atoms with E-state index in [9.17, 15) is 0 Å². The van der Waals surface area contributed by atoms with Crippen molar-refractivity contribution in [3.8, 4) is 22.9 Å². The first-order chi connectivity index (χ1) is 9.36. The van der Waals surface area contributed by atoms with Gasteiger partial charge in [0.15, 0.2) is 5.69 Å². The topological polar surface area (TPSA) is 41.6 Å². The summed E-state index contributed by atoms with van der Waals surface area (Å²) in [5.41, 5.74) is 3.49. The zero-order valence-electron chi connectivity index (χ0n) is 10.4. The van der Waals surface area contributed by atoms with Crippen molar-refractivity contribution in [1.29, 1.82) is 5.26 Å². The molecule has 3 nitrogen and oxygen atoms in total. The molecular weight excluding hydrogens is 426 g/mol. The molecule has 0 aliphatic carbocycles. The SMILES string of the molecule is N#Cc1ccn(-c2[c-]cc(-c3ccccc3)cc2)n1.[Ir]. The van der Waals surface area contributed by atoms with Gasteiger partial charge in [-0.2, -0.15) is 28.6 Å². The molecule has 2 aromatic carbocycles. The molecule has 0 amide bonds. The Labute approximate surface area is 130 Å². The first-order valence-corrected chi connectivity index (χ1v) is 5.90. The molecule has 0 unspecified atom stereocenters. The first kappa shape index (κ1) is 14.2. The Morgan fingerprint density at radius 1 is 1.00 bits per heavy atom. The zero-order valence-corrected chi connectivity index (χ0v) is 12.8. The summed E-state index contributed by atoms with van der Waals surface area (Å²) in [4.78, 5) is 0. The van der Waals surface area contributed by atoms with Gasteiger partial charge in [-0.1, -0.05) is 35.9 Å². The van der Waals surface area contributed by atoms with Crippen LogP contribution in [0.15, 0.2) is 60.8 Å². The standard InChI is InChI=1S/C16H10N3.Ir/c17-12-15-10-11-19(18-15)16-8-6-14(7-9-16)13-4-2-1-3-5-13;/h1-8,10-11H;/q-1;. The normalized spacial score (nSPS) is 9.55. The molecule has 0 saturated heterocycles. The van der Waals surface area contributed by atoms with E-state index in [1.54, 1.807) is 16.9 Å². The average molecular weight is 436 g/mol. The van der Waals surface area contributed by atoms with Crippen LogP contribution in [0, 0.1) is 17.4 Å². The fraction of sp³-hybridized carbons (Fsp3) is 0. The van der Waals surface area contributed by atoms with Crippen LogP contribution in [0.2, 0.25) is 0 Å². The van der Waals surface area contributed by atoms with E-state index >= 15 is 0 Å². The summed E-state index contributed by atoms with van der Waals surface area (Å²) in [5.74, 6) is 0. The van der Waals surface area contributed by atoms with Gasteiger partial charge in [-0.3, -0.25) is 4.68 Å². The fourth-order valence-electron chi connectivity index (χ4n) is 1.89. The van der Waals surface area contributed by atoms with Crippen LogP contribution in [0.1, 0.15) is 5.69 Å². The molecule has 0 bridgehead atoms. The molecule has 0 atom stereocenters. The second-order valence-electron chi connectivity index (χ2n) is 4.09. The first-order valence-electron chi connectivity index (χ1n) is 5.90. The van der Waals surface area contributed by atoms with Crippen molar-refractivity contribution in [2.75, 3.05) is 0 Å². The van der Waals surface area contributed by atoms with Crippen LogP contribution in [0.4, 0.5) is 0 Å². The van der Waals surface area contributed by atoms with Gasteiger partial charge < -0.3 is 0 Å². The minimum Gasteiger partial charge on any atom is -0.264 e. The van der Waals surface area contributed by atoms with Gasteiger partial charge in [-0.15, -0.1) is 11.6 Å². The molecule has 0 aliphatic rings. The van der Waals surface area contributed by atoms with Crippen LogP contribution in [-0.4, -0.2) is 9.78 Å². The van der Waals surface area contributed by atoms with Crippen LogP contribution >= 0.6 is 0 Å². The van der Waals surface area contributed by atoms with E-state index < -0.39 is 0 Å². The summed E-state index contributed by atoms with van der Waals surface area (Å²) in [7, 11) is 0. The maximum absolute atomic E-state index is 8.75. The van der Waals surface area contributed by atoms with E-state index in [1.165, 1.54) is 0 Å². The predicted octanol–water partition coefficient (Wildman–Crippen LogP) is 3.21. The molecule has 3 rings (SSSR count). The molecule has 0 saturated carbocycles. The smallest absolute Gasteiger partial charge is 0.162 e. The Kier molecular flexibility index (Phi) is 4.47. The molecule has 1 aromatic heterocycles. The Hall–Kier alpha value is -2.21. The number of nitriles is 1. The van der Waals surface area contributed by atoms with Crippen molar-refractivity contribution in [2.45, 2.75) is 0 Å². The van der Waals surface area contributed by atoms with Gasteiger partial charge >= 0.3 is 0 Å². The Morgan fingerprint density at radius 3 is 2.40 bits per heavy atom. The van der Waals surface area contributed by atoms with E-state index in [0.29, 0.717) is 5.69 Å². The Morgan fingerprint density at radius 2 is 1.80 bits per heavy atom. The maximum atomic E-state index is 8.75. The number of hydrogen-bond acceptors (Lipinski definition) is 2. The van der Waals surface area contributed by atoms with Gasteiger partial charge in [0.25, 0.3) is 0 Å². The molecule has 20 heavy (non-hydrogen) atoms. The van der Waals surface area contributed by atoms with Gasteiger partial charge in [0.1, 0.15) is 6.07 Å². The second kappa shape index (κ2) is 6.29. The number of aromatic nitrogens is 2. The maximum Gasteiger partial charge on any atom is 0.162 e. The number of rotatable bonds is 2. The van der Waals surface area contributed by atoms with E-state index in [0.717, 1.165) is 16.8 Å². The summed E-state index contributed by atoms with van der Waals surface area (Å²) in [5, 5.41) is 12.9. The summed E-state index contributed by atoms with van der Waals surface area (Å²) in [6, 6.07) is 22.9. The van der Waals surface area contributed by atoms with Crippen molar-refractivity contribution < 1.29 is 20.1 Å². The largest absolute Gasteiger partial charge is 0.264 e. The molecule has 4 heteroatoms. The third-order valence-electron chi connectivity index (χ3n) is 2.85. The predicted molar refractivity (Wildman–Crippen MR) is 72.6 cm³/mol. The monoisotopic (exact) mass is 437 g/mol. The molecular formula is C16H10IrN3-. The summed E-state index contributed by atoms with van der Waals surface area (Å²) < 4.78 is 1.65. The zero-order chi connectivity index (χ0) is 13.1. The number of hydrogen-bond donors (Lipinski definition) is 0. The van der Waals surface area contributed by atoms with E-state index in [1.807, 2.05) is 42.5 Å². The molecule has 0 spiro atoms. The molecule has 1 radical (unpaired) electrons. The van der Waals surface area contributed by atoms with Crippen molar-refractivity contribution in [2.24, 2.45) is 0 Å². The van der Waals surface area contributed by atoms with Crippen LogP contribution in [0.3, 0.4) is 0 Å². The molecule has 0 N–H and O–H groups in total. The van der Waals surface area contributed by atoms with Gasteiger partial charge in [-0.25, -0.2) is 0 Å². The fourth-order valence-corrected chi connectivity index (χ4v) is 1.89. The average Bonchev–Trinajstić information content (AvgIpc) is 2.97. The van der Waals surface area contributed by atoms with Gasteiger partial charge in [-0.05, 0) is 11.8 Å². The molecule has 99 valence electrons. The Balaban J connectivity index is 0.00000147. The van der Waals surface area contributed by atoms with E-state index in [4.69, 9.17) is 5.26 Å². The van der Waals surface area contributed by atoms with Gasteiger partial charge in [0.05, 0.1) is 0 Å². The van der Waals surface area contributed by atoms with Gasteiger partial charge in [0, 0.05) is 26.3 Å². The number of benzene rings is 2. The van der Waals surface area contributed by atoms with Crippen LogP contribution in [-0.2, 0) is 20.1 Å². The minimum atomic E-state index is 0. The quantitative estimate of drug-likeness (QED) is 0.579. The van der Waals surface area contributed by atoms with Crippen molar-refractivity contribution in [1.82, 2.24) is 9.78 Å². The third kappa shape index (κ3) is 2.85. The third-order valence-corrected chi connectivity index (χ3v) is 2.85. The van der Waals surface area contributed by atoms with Crippen LogP contribution < -0.4 is 0 Å². The molecule has 0 aliphatic heterocycles. The van der Waals surface area contributed by atoms with E-state index in [-0.39, 0.29) is 20.1 Å². The Bertz CT molecular complexity index is 724. The summed E-state index contributed by atoms with van der Waals surface area (Å²) in [6.07, 6.45) is 1.76. The molecule has 3 aromatic rings. The molecule has 0 fully saturated rings. The van der Waals surface area contributed by atoms with E-state index in [2.05, 4.69) is 23.3 Å². The van der Waals surface area contributed by atoms with Crippen LogP contribution in [0.25, 0.3) is 16.8 Å².